The van der Waals surface area contributed by atoms with Crippen LogP contribution < -0.4 is 16.6 Å². The van der Waals surface area contributed by atoms with Crippen LogP contribution in [0.25, 0.3) is 15.9 Å². The molecule has 1 amide bonds. The molecule has 9 heteroatoms. The minimum Gasteiger partial charge on any atom is -0.323 e. The highest BCUT2D eigenvalue weighted by molar-refractivity contribution is 7.17. The maximum absolute atomic E-state index is 13.5. The Labute approximate surface area is 178 Å². The molecule has 0 unspecified atom stereocenters. The topological polar surface area (TPSA) is 73.1 Å². The molecule has 0 aliphatic carbocycles. The predicted molar refractivity (Wildman–Crippen MR) is 116 cm³/mol. The van der Waals surface area contributed by atoms with Crippen LogP contribution in [0, 0.1) is 12.7 Å². The normalized spacial score (nSPS) is 11.0. The summed E-state index contributed by atoms with van der Waals surface area (Å²) in [5.74, 6) is -1.13. The molecule has 152 valence electrons. The molecule has 0 aliphatic rings. The first-order valence-electron chi connectivity index (χ1n) is 8.90. The molecule has 0 aliphatic heterocycles. The molecule has 0 atom stereocenters. The second-order valence-electron chi connectivity index (χ2n) is 6.66. The van der Waals surface area contributed by atoms with Gasteiger partial charge < -0.3 is 5.32 Å². The van der Waals surface area contributed by atoms with Crippen LogP contribution >= 0.6 is 22.9 Å². The summed E-state index contributed by atoms with van der Waals surface area (Å²) < 4.78 is 16.1. The molecule has 2 heterocycles. The van der Waals surface area contributed by atoms with Gasteiger partial charge >= 0.3 is 5.69 Å². The van der Waals surface area contributed by atoms with Crippen molar-refractivity contribution in [1.82, 2.24) is 9.13 Å². The Morgan fingerprint density at radius 1 is 1.17 bits per heavy atom. The number of thiophene rings is 1. The number of hydrogen-bond donors (Lipinski definition) is 1. The van der Waals surface area contributed by atoms with Crippen LogP contribution in [-0.2, 0) is 11.3 Å². The van der Waals surface area contributed by atoms with E-state index in [1.165, 1.54) is 28.0 Å². The minimum atomic E-state index is -0.642. The van der Waals surface area contributed by atoms with Crippen LogP contribution in [0.3, 0.4) is 0 Å². The SMILES string of the molecule is Cc1cccc(-n2c(=O)c3sccc3n(CC(=O)Nc3cc(F)ccc3Cl)c2=O)c1. The molecule has 0 bridgehead atoms. The number of aryl methyl sites for hydroxylation is 1. The lowest BCUT2D eigenvalue weighted by molar-refractivity contribution is -0.116. The zero-order valence-electron chi connectivity index (χ0n) is 15.7. The van der Waals surface area contributed by atoms with E-state index in [9.17, 15) is 18.8 Å². The molecule has 30 heavy (non-hydrogen) atoms. The first-order chi connectivity index (χ1) is 14.3. The Hall–Kier alpha value is -3.23. The number of nitrogens with zero attached hydrogens (tertiary/aromatic N) is 2. The Morgan fingerprint density at radius 2 is 1.97 bits per heavy atom. The summed E-state index contributed by atoms with van der Waals surface area (Å²) in [7, 11) is 0. The standard InChI is InChI=1S/C21H15ClFN3O3S/c1-12-3-2-4-14(9-12)26-20(28)19-17(7-8-30-19)25(21(26)29)11-18(27)24-16-10-13(23)5-6-15(16)22/h2-10H,11H2,1H3,(H,24,27). The quantitative estimate of drug-likeness (QED) is 0.519. The van der Waals surface area contributed by atoms with Crippen molar-refractivity contribution in [1.29, 1.82) is 0 Å². The van der Waals surface area contributed by atoms with Gasteiger partial charge in [-0.2, -0.15) is 0 Å². The third kappa shape index (κ3) is 3.67. The van der Waals surface area contributed by atoms with Crippen molar-refractivity contribution in [3.63, 3.8) is 0 Å². The van der Waals surface area contributed by atoms with Crippen molar-refractivity contribution in [2.24, 2.45) is 0 Å². The van der Waals surface area contributed by atoms with Crippen LogP contribution in [-0.4, -0.2) is 15.0 Å². The van der Waals surface area contributed by atoms with Gasteiger partial charge in [-0.15, -0.1) is 11.3 Å². The number of benzene rings is 2. The highest BCUT2D eigenvalue weighted by Gasteiger charge is 2.18. The van der Waals surface area contributed by atoms with Gasteiger partial charge in [-0.25, -0.2) is 13.8 Å². The van der Waals surface area contributed by atoms with E-state index in [-0.39, 0.29) is 17.3 Å². The van der Waals surface area contributed by atoms with Crippen molar-refractivity contribution in [3.05, 3.63) is 91.2 Å². The first kappa shape index (κ1) is 20.1. The van der Waals surface area contributed by atoms with Crippen LogP contribution in [0.1, 0.15) is 5.56 Å². The van der Waals surface area contributed by atoms with E-state index < -0.39 is 23.0 Å². The fourth-order valence-corrected chi connectivity index (χ4v) is 4.15. The third-order valence-electron chi connectivity index (χ3n) is 4.52. The molecule has 0 fully saturated rings. The van der Waals surface area contributed by atoms with Crippen LogP contribution in [0.15, 0.2) is 63.5 Å². The highest BCUT2D eigenvalue weighted by Crippen LogP contribution is 2.23. The summed E-state index contributed by atoms with van der Waals surface area (Å²) in [5.41, 5.74) is 0.679. The number of carbonyl (C=O) groups is 1. The minimum absolute atomic E-state index is 0.100. The monoisotopic (exact) mass is 443 g/mol. The van der Waals surface area contributed by atoms with Crippen molar-refractivity contribution in [2.45, 2.75) is 13.5 Å². The van der Waals surface area contributed by atoms with E-state index in [0.29, 0.717) is 15.9 Å². The van der Waals surface area contributed by atoms with Crippen LogP contribution in [0.5, 0.6) is 0 Å². The lowest BCUT2D eigenvalue weighted by atomic mass is 10.2. The number of aromatic nitrogens is 2. The lowest BCUT2D eigenvalue weighted by Gasteiger charge is -2.13. The smallest absolute Gasteiger partial charge is 0.323 e. The van der Waals surface area contributed by atoms with Gasteiger partial charge in [0.1, 0.15) is 17.1 Å². The average molecular weight is 444 g/mol. The number of anilines is 1. The van der Waals surface area contributed by atoms with Gasteiger partial charge in [0.2, 0.25) is 5.91 Å². The largest absolute Gasteiger partial charge is 0.336 e. The summed E-state index contributed by atoms with van der Waals surface area (Å²) in [5, 5.41) is 4.37. The summed E-state index contributed by atoms with van der Waals surface area (Å²) in [6.45, 7) is 1.48. The summed E-state index contributed by atoms with van der Waals surface area (Å²) in [6, 6.07) is 12.2. The van der Waals surface area contributed by atoms with Gasteiger partial charge in [-0.1, -0.05) is 23.7 Å². The molecule has 1 N–H and O–H groups in total. The van der Waals surface area contributed by atoms with Gasteiger partial charge in [-0.3, -0.25) is 14.2 Å². The lowest BCUT2D eigenvalue weighted by Crippen LogP contribution is -2.40. The number of nitrogens with one attached hydrogen (secondary N) is 1. The molecule has 4 aromatic rings. The average Bonchev–Trinajstić information content (AvgIpc) is 3.18. The predicted octanol–water partition coefficient (Wildman–Crippen LogP) is 3.95. The maximum Gasteiger partial charge on any atom is 0.336 e. The molecule has 6 nitrogen and oxygen atoms in total. The maximum atomic E-state index is 13.5. The number of hydrogen-bond acceptors (Lipinski definition) is 4. The van der Waals surface area contributed by atoms with E-state index in [2.05, 4.69) is 5.32 Å². The van der Waals surface area contributed by atoms with Crippen molar-refractivity contribution < 1.29 is 9.18 Å². The molecule has 0 saturated heterocycles. The Kier molecular flexibility index (Phi) is 5.27. The summed E-state index contributed by atoms with van der Waals surface area (Å²) >= 11 is 7.19. The zero-order valence-corrected chi connectivity index (χ0v) is 17.3. The highest BCUT2D eigenvalue weighted by atomic mass is 35.5. The second kappa shape index (κ2) is 7.89. The van der Waals surface area contributed by atoms with Gasteiger partial charge in [-0.05, 0) is 54.3 Å². The Morgan fingerprint density at radius 3 is 2.73 bits per heavy atom. The van der Waals surface area contributed by atoms with Gasteiger partial charge in [0.25, 0.3) is 5.56 Å². The Balaban J connectivity index is 1.80. The van der Waals surface area contributed by atoms with Crippen molar-refractivity contribution in [2.75, 3.05) is 5.32 Å². The van der Waals surface area contributed by atoms with E-state index in [1.54, 1.807) is 29.6 Å². The number of amides is 1. The molecule has 2 aromatic heterocycles. The van der Waals surface area contributed by atoms with E-state index >= 15 is 0 Å². The van der Waals surface area contributed by atoms with Gasteiger partial charge in [0.15, 0.2) is 0 Å². The molecule has 0 radical (unpaired) electrons. The third-order valence-corrected chi connectivity index (χ3v) is 5.74. The second-order valence-corrected chi connectivity index (χ2v) is 7.98. The number of rotatable bonds is 4. The molecule has 0 saturated carbocycles. The first-order valence-corrected chi connectivity index (χ1v) is 10.2. The van der Waals surface area contributed by atoms with E-state index in [0.717, 1.165) is 16.2 Å². The molecular formula is C21H15ClFN3O3S. The molecule has 4 rings (SSSR count). The van der Waals surface area contributed by atoms with Gasteiger partial charge in [0.05, 0.1) is 21.9 Å². The molecular weight excluding hydrogens is 429 g/mol. The molecule has 0 spiro atoms. The Bertz CT molecular complexity index is 1410. The van der Waals surface area contributed by atoms with Crippen molar-refractivity contribution >= 4 is 44.7 Å². The number of carbonyl (C=O) groups excluding carboxylic acids is 1. The number of halogens is 2. The molecule has 2 aromatic carbocycles. The summed E-state index contributed by atoms with van der Waals surface area (Å²) in [6.07, 6.45) is 0. The van der Waals surface area contributed by atoms with Gasteiger partial charge in [0, 0.05) is 0 Å². The van der Waals surface area contributed by atoms with Crippen LogP contribution in [0.2, 0.25) is 5.02 Å². The number of fused-ring (bicyclic) bond motifs is 1. The summed E-state index contributed by atoms with van der Waals surface area (Å²) in [4.78, 5) is 38.7. The zero-order chi connectivity index (χ0) is 21.4. The fourth-order valence-electron chi connectivity index (χ4n) is 3.16. The van der Waals surface area contributed by atoms with E-state index in [4.69, 9.17) is 11.6 Å². The van der Waals surface area contributed by atoms with Crippen LogP contribution in [0.4, 0.5) is 10.1 Å². The van der Waals surface area contributed by atoms with E-state index in [1.807, 2.05) is 13.0 Å². The fraction of sp³-hybridized carbons (Fsp3) is 0.0952. The van der Waals surface area contributed by atoms with Crippen molar-refractivity contribution in [3.8, 4) is 5.69 Å².